The van der Waals surface area contributed by atoms with Gasteiger partial charge >= 0.3 is 0 Å². The van der Waals surface area contributed by atoms with Crippen LogP contribution < -0.4 is 10.1 Å². The first-order valence-corrected chi connectivity index (χ1v) is 15.0. The molecule has 9 heteroatoms. The van der Waals surface area contributed by atoms with Crippen LogP contribution in [0, 0.1) is 11.3 Å². The molecule has 2 aliphatic heterocycles. The minimum Gasteiger partial charge on any atom is -0.497 e. The number of ether oxygens (including phenoxy) is 1. The van der Waals surface area contributed by atoms with E-state index in [4.69, 9.17) is 27.9 Å². The summed E-state index contributed by atoms with van der Waals surface area (Å²) >= 11 is 12.5. The molecule has 2 amide bonds. The summed E-state index contributed by atoms with van der Waals surface area (Å²) in [7, 11) is 1.66. The molecule has 218 valence electrons. The van der Waals surface area contributed by atoms with Crippen LogP contribution in [-0.2, 0) is 16.1 Å². The first kappa shape index (κ1) is 31.0. The van der Waals surface area contributed by atoms with Crippen LogP contribution in [0.4, 0.5) is 0 Å². The first-order valence-electron chi connectivity index (χ1n) is 14.3. The van der Waals surface area contributed by atoms with E-state index < -0.39 is 0 Å². The van der Waals surface area contributed by atoms with Gasteiger partial charge in [0, 0.05) is 25.6 Å². The van der Waals surface area contributed by atoms with Crippen LogP contribution in [-0.4, -0.2) is 54.9 Å². The van der Waals surface area contributed by atoms with Crippen LogP contribution in [0.3, 0.4) is 0 Å². The number of carbonyl (C=O) groups excluding carboxylic acids is 2. The van der Waals surface area contributed by atoms with Gasteiger partial charge in [-0.25, -0.2) is 0 Å². The molecule has 1 unspecified atom stereocenters. The van der Waals surface area contributed by atoms with Gasteiger partial charge in [0.2, 0.25) is 11.8 Å². The number of piperidine rings is 1. The van der Waals surface area contributed by atoms with Crippen LogP contribution >= 0.6 is 35.6 Å². The molecule has 0 bridgehead atoms. The maximum atomic E-state index is 13.5. The molecule has 5 rings (SSSR count). The Morgan fingerprint density at radius 1 is 1.02 bits per heavy atom. The molecule has 2 saturated heterocycles. The van der Waals surface area contributed by atoms with E-state index in [1.807, 2.05) is 47.4 Å². The normalized spacial score (nSPS) is 20.0. The van der Waals surface area contributed by atoms with Gasteiger partial charge in [0.15, 0.2) is 0 Å². The fourth-order valence-corrected chi connectivity index (χ4v) is 6.81. The number of carbonyl (C=O) groups is 2. The van der Waals surface area contributed by atoms with E-state index in [1.54, 1.807) is 7.11 Å². The number of nitrogens with one attached hydrogen (secondary N) is 1. The molecule has 2 aromatic carbocycles. The van der Waals surface area contributed by atoms with Gasteiger partial charge in [-0.15, -0.1) is 12.4 Å². The van der Waals surface area contributed by atoms with E-state index in [1.165, 1.54) is 0 Å². The Balaban J connectivity index is 0.00000370. The number of halogens is 3. The van der Waals surface area contributed by atoms with E-state index in [0.717, 1.165) is 94.4 Å². The lowest BCUT2D eigenvalue weighted by atomic mass is 9.77. The number of likely N-dealkylation sites (tertiary alicyclic amines) is 2. The van der Waals surface area contributed by atoms with E-state index >= 15 is 0 Å². The Morgan fingerprint density at radius 3 is 2.35 bits per heavy atom. The van der Waals surface area contributed by atoms with Gasteiger partial charge in [-0.05, 0) is 87.0 Å². The smallest absolute Gasteiger partial charge is 0.229 e. The van der Waals surface area contributed by atoms with Crippen molar-refractivity contribution in [1.82, 2.24) is 15.1 Å². The highest BCUT2D eigenvalue weighted by Crippen LogP contribution is 2.42. The van der Waals surface area contributed by atoms with Crippen molar-refractivity contribution in [3.05, 3.63) is 63.6 Å². The third-order valence-electron chi connectivity index (χ3n) is 9.07. The topological polar surface area (TPSA) is 61.9 Å². The average Bonchev–Trinajstić information content (AvgIpc) is 3.60. The fraction of sp³-hybridized carbons (Fsp3) is 0.548. The highest BCUT2D eigenvalue weighted by molar-refractivity contribution is 6.42. The Hall–Kier alpha value is -1.99. The van der Waals surface area contributed by atoms with Crippen molar-refractivity contribution in [3.8, 4) is 5.75 Å². The summed E-state index contributed by atoms with van der Waals surface area (Å²) in [5.41, 5.74) is 1.89. The first-order chi connectivity index (χ1) is 18.9. The summed E-state index contributed by atoms with van der Waals surface area (Å²) in [6.07, 6.45) is 7.69. The maximum absolute atomic E-state index is 13.5. The van der Waals surface area contributed by atoms with E-state index in [2.05, 4.69) is 10.2 Å². The molecule has 40 heavy (non-hydrogen) atoms. The lowest BCUT2D eigenvalue weighted by molar-refractivity contribution is -0.139. The molecule has 1 spiro atoms. The third-order valence-corrected chi connectivity index (χ3v) is 9.81. The average molecular weight is 609 g/mol. The SMILES string of the molecule is COc1ccc(CN2CCC3(CCN(CCC(NC(=O)C4CCCC4)c4ccc(Cl)c(Cl)c4)CC3)C2=O)cc1.Cl. The number of methoxy groups -OCH3 is 1. The number of benzene rings is 2. The van der Waals surface area contributed by atoms with Gasteiger partial charge in [0.05, 0.1) is 28.6 Å². The summed E-state index contributed by atoms with van der Waals surface area (Å²) in [6, 6.07) is 13.5. The zero-order valence-electron chi connectivity index (χ0n) is 23.2. The zero-order valence-corrected chi connectivity index (χ0v) is 25.5. The monoisotopic (exact) mass is 607 g/mol. The number of amides is 2. The van der Waals surface area contributed by atoms with Crippen molar-refractivity contribution in [2.75, 3.05) is 33.3 Å². The van der Waals surface area contributed by atoms with Crippen molar-refractivity contribution in [2.45, 2.75) is 64.0 Å². The van der Waals surface area contributed by atoms with Gasteiger partial charge in [0.25, 0.3) is 0 Å². The Morgan fingerprint density at radius 2 is 1.70 bits per heavy atom. The van der Waals surface area contributed by atoms with Gasteiger partial charge < -0.3 is 19.9 Å². The molecule has 6 nitrogen and oxygen atoms in total. The fourth-order valence-electron chi connectivity index (χ4n) is 6.50. The lowest BCUT2D eigenvalue weighted by Gasteiger charge is -2.38. The molecule has 1 aliphatic carbocycles. The molecular formula is C31H40Cl3N3O3. The molecule has 3 aliphatic rings. The summed E-state index contributed by atoms with van der Waals surface area (Å²) in [5, 5.41) is 4.34. The second kappa shape index (κ2) is 13.8. The lowest BCUT2D eigenvalue weighted by Crippen LogP contribution is -2.45. The summed E-state index contributed by atoms with van der Waals surface area (Å²) in [6.45, 7) is 4.12. The van der Waals surface area contributed by atoms with Crippen LogP contribution in [0.25, 0.3) is 0 Å². The summed E-state index contributed by atoms with van der Waals surface area (Å²) < 4.78 is 5.25. The highest BCUT2D eigenvalue weighted by Gasteiger charge is 2.47. The van der Waals surface area contributed by atoms with Crippen LogP contribution in [0.1, 0.15) is 68.5 Å². The Bertz CT molecular complexity index is 1160. The van der Waals surface area contributed by atoms with Crippen molar-refractivity contribution in [1.29, 1.82) is 0 Å². The molecular weight excluding hydrogens is 569 g/mol. The largest absolute Gasteiger partial charge is 0.497 e. The van der Waals surface area contributed by atoms with Crippen LogP contribution in [0.2, 0.25) is 10.0 Å². The Kier molecular flexibility index (Phi) is 10.7. The quantitative estimate of drug-likeness (QED) is 0.345. The van der Waals surface area contributed by atoms with Gasteiger partial charge in [0.1, 0.15) is 5.75 Å². The zero-order chi connectivity index (χ0) is 27.4. The van der Waals surface area contributed by atoms with E-state index in [9.17, 15) is 9.59 Å². The second-order valence-corrected chi connectivity index (χ2v) is 12.3. The number of hydrogen-bond donors (Lipinski definition) is 1. The number of nitrogens with zero attached hydrogens (tertiary/aromatic N) is 2. The summed E-state index contributed by atoms with van der Waals surface area (Å²) in [4.78, 5) is 31.0. The second-order valence-electron chi connectivity index (χ2n) is 11.5. The predicted octanol–water partition coefficient (Wildman–Crippen LogP) is 6.68. The standard InChI is InChI=1S/C31H39Cl2N3O3.ClH/c1-39-25-9-6-22(7-10-25)21-36-19-15-31(30(36)38)13-17-35(18-14-31)16-12-28(24-8-11-26(32)27(33)20-24)34-29(37)23-4-2-3-5-23;/h6-11,20,23,28H,2-5,12-19,21H2,1H3,(H,34,37);1H. The minimum absolute atomic E-state index is 0. The van der Waals surface area contributed by atoms with Gasteiger partial charge in [-0.3, -0.25) is 9.59 Å². The van der Waals surface area contributed by atoms with Crippen molar-refractivity contribution >= 4 is 47.4 Å². The van der Waals surface area contributed by atoms with Crippen LogP contribution in [0.15, 0.2) is 42.5 Å². The molecule has 0 radical (unpaired) electrons. The van der Waals surface area contributed by atoms with E-state index in [0.29, 0.717) is 22.5 Å². The molecule has 2 heterocycles. The Labute approximate surface area is 254 Å². The van der Waals surface area contributed by atoms with Gasteiger partial charge in [-0.2, -0.15) is 0 Å². The molecule has 1 saturated carbocycles. The highest BCUT2D eigenvalue weighted by atomic mass is 35.5. The van der Waals surface area contributed by atoms with Crippen molar-refractivity contribution in [2.24, 2.45) is 11.3 Å². The molecule has 2 aromatic rings. The molecule has 0 aromatic heterocycles. The van der Waals surface area contributed by atoms with Crippen LogP contribution in [0.5, 0.6) is 5.75 Å². The minimum atomic E-state index is -0.233. The van der Waals surface area contributed by atoms with Gasteiger partial charge in [-0.1, -0.05) is 54.2 Å². The number of hydrogen-bond acceptors (Lipinski definition) is 4. The maximum Gasteiger partial charge on any atom is 0.229 e. The van der Waals surface area contributed by atoms with Crippen molar-refractivity contribution in [3.63, 3.8) is 0 Å². The summed E-state index contributed by atoms with van der Waals surface area (Å²) in [5.74, 6) is 1.39. The third kappa shape index (κ3) is 7.07. The van der Waals surface area contributed by atoms with Crippen molar-refractivity contribution < 1.29 is 14.3 Å². The van der Waals surface area contributed by atoms with E-state index in [-0.39, 0.29) is 35.7 Å². The molecule has 1 N–H and O–H groups in total. The molecule has 3 fully saturated rings. The predicted molar refractivity (Wildman–Crippen MR) is 162 cm³/mol. The number of rotatable bonds is 9. The molecule has 1 atom stereocenters.